The lowest BCUT2D eigenvalue weighted by atomic mass is 10.1. The van der Waals surface area contributed by atoms with Gasteiger partial charge in [0.25, 0.3) is 5.91 Å². The zero-order chi connectivity index (χ0) is 21.7. The van der Waals surface area contributed by atoms with Gasteiger partial charge in [0.15, 0.2) is 0 Å². The molecule has 6 nitrogen and oxygen atoms in total. The molecule has 1 aromatic heterocycles. The predicted molar refractivity (Wildman–Crippen MR) is 127 cm³/mol. The average molecular weight is 461 g/mol. The van der Waals surface area contributed by atoms with Crippen molar-refractivity contribution < 1.29 is 9.59 Å². The number of hydrogen-bond acceptors (Lipinski definition) is 7. The minimum atomic E-state index is -0.136. The first-order chi connectivity index (χ1) is 14.3. The monoisotopic (exact) mass is 460 g/mol. The van der Waals surface area contributed by atoms with Gasteiger partial charge < -0.3 is 5.32 Å². The number of nitrogens with one attached hydrogen (secondary N) is 1. The van der Waals surface area contributed by atoms with Crippen molar-refractivity contribution >= 4 is 62.7 Å². The van der Waals surface area contributed by atoms with Crippen LogP contribution in [0.3, 0.4) is 0 Å². The Balaban J connectivity index is 1.49. The Morgan fingerprint density at radius 2 is 2.00 bits per heavy atom. The molecular weight excluding hydrogens is 436 g/mol. The number of aromatic nitrogens is 2. The number of nitrogens with zero attached hydrogens (tertiary/aromatic N) is 3. The summed E-state index contributed by atoms with van der Waals surface area (Å²) < 4.78 is 0.529. The van der Waals surface area contributed by atoms with E-state index in [0.717, 1.165) is 17.0 Å². The minimum absolute atomic E-state index is 0.103. The van der Waals surface area contributed by atoms with E-state index in [1.165, 1.54) is 28.7 Å². The van der Waals surface area contributed by atoms with Gasteiger partial charge in [-0.1, -0.05) is 79.0 Å². The van der Waals surface area contributed by atoms with E-state index in [-0.39, 0.29) is 18.2 Å². The lowest BCUT2D eigenvalue weighted by molar-refractivity contribution is -0.122. The van der Waals surface area contributed by atoms with Gasteiger partial charge in [0, 0.05) is 19.4 Å². The van der Waals surface area contributed by atoms with E-state index in [2.05, 4.69) is 29.4 Å². The van der Waals surface area contributed by atoms with Crippen molar-refractivity contribution in [3.63, 3.8) is 0 Å². The van der Waals surface area contributed by atoms with Gasteiger partial charge in [0.05, 0.1) is 4.91 Å². The van der Waals surface area contributed by atoms with Gasteiger partial charge in [-0.2, -0.15) is 0 Å². The lowest BCUT2D eigenvalue weighted by Gasteiger charge is -2.13. The number of thioether (sulfide) groups is 1. The van der Waals surface area contributed by atoms with Crippen LogP contribution in [0.1, 0.15) is 42.8 Å². The highest BCUT2D eigenvalue weighted by atomic mass is 32.2. The molecule has 2 amide bonds. The van der Waals surface area contributed by atoms with Crippen LogP contribution in [0, 0.1) is 12.8 Å². The molecule has 3 rings (SSSR count). The Morgan fingerprint density at radius 3 is 2.70 bits per heavy atom. The van der Waals surface area contributed by atoms with E-state index in [1.54, 1.807) is 4.90 Å². The largest absolute Gasteiger partial charge is 0.301 e. The molecule has 2 heterocycles. The van der Waals surface area contributed by atoms with Crippen LogP contribution < -0.4 is 5.32 Å². The number of thiocarbonyl (C=S) groups is 1. The van der Waals surface area contributed by atoms with Crippen molar-refractivity contribution in [3.05, 3.63) is 45.3 Å². The molecule has 0 bridgehead atoms. The lowest BCUT2D eigenvalue weighted by Crippen LogP contribution is -2.29. The summed E-state index contributed by atoms with van der Waals surface area (Å²) in [5, 5.41) is 12.3. The second-order valence-electron chi connectivity index (χ2n) is 7.49. The van der Waals surface area contributed by atoms with Crippen molar-refractivity contribution in [1.29, 1.82) is 0 Å². The molecule has 1 aliphatic heterocycles. The molecule has 158 valence electrons. The zero-order valence-electron chi connectivity index (χ0n) is 17.2. The van der Waals surface area contributed by atoms with Crippen molar-refractivity contribution in [2.45, 2.75) is 40.0 Å². The average Bonchev–Trinajstić information content (AvgIpc) is 3.21. The molecule has 2 aromatic rings. The fraction of sp³-hybridized carbons (Fsp3) is 0.381. The Kier molecular flexibility index (Phi) is 7.74. The summed E-state index contributed by atoms with van der Waals surface area (Å²) in [7, 11) is 0. The molecule has 1 fully saturated rings. The van der Waals surface area contributed by atoms with Crippen molar-refractivity contribution in [2.75, 3.05) is 11.9 Å². The van der Waals surface area contributed by atoms with Gasteiger partial charge in [0.1, 0.15) is 9.33 Å². The highest BCUT2D eigenvalue weighted by molar-refractivity contribution is 8.26. The Bertz CT molecular complexity index is 967. The molecule has 1 aromatic carbocycles. The normalized spacial score (nSPS) is 15.5. The van der Waals surface area contributed by atoms with E-state index in [0.29, 0.717) is 33.2 Å². The maximum atomic E-state index is 12.7. The SMILES string of the molecule is Cc1ccc(C=C2SC(=S)N(CCCC(=O)Nc3nnc(CC(C)C)s3)C2=O)cc1. The summed E-state index contributed by atoms with van der Waals surface area (Å²) in [6.07, 6.45) is 3.51. The molecule has 1 saturated heterocycles. The molecule has 0 unspecified atom stereocenters. The molecule has 30 heavy (non-hydrogen) atoms. The third-order valence-electron chi connectivity index (χ3n) is 4.33. The number of amides is 2. The van der Waals surface area contributed by atoms with Crippen LogP contribution in [0.2, 0.25) is 0 Å². The number of hydrogen-bond donors (Lipinski definition) is 1. The summed E-state index contributed by atoms with van der Waals surface area (Å²) in [6.45, 7) is 6.67. The van der Waals surface area contributed by atoms with Crippen LogP contribution in [0.15, 0.2) is 29.2 Å². The van der Waals surface area contributed by atoms with E-state index < -0.39 is 0 Å². The molecule has 0 aliphatic carbocycles. The number of anilines is 1. The summed E-state index contributed by atoms with van der Waals surface area (Å²) in [5.74, 6) is 0.252. The Hall–Kier alpha value is -2.10. The Labute approximate surface area is 190 Å². The maximum Gasteiger partial charge on any atom is 0.266 e. The zero-order valence-corrected chi connectivity index (χ0v) is 19.6. The van der Waals surface area contributed by atoms with Crippen LogP contribution in [0.4, 0.5) is 5.13 Å². The standard InChI is InChI=1S/C21H24N4O2S3/c1-13(2)11-18-23-24-20(30-18)22-17(26)5-4-10-25-19(27)16(29-21(25)28)12-15-8-6-14(3)7-9-15/h6-9,12-13H,4-5,10-11H2,1-3H3,(H,22,24,26). The Morgan fingerprint density at radius 1 is 1.27 bits per heavy atom. The van der Waals surface area contributed by atoms with Gasteiger partial charge in [-0.15, -0.1) is 10.2 Å². The highest BCUT2D eigenvalue weighted by Crippen LogP contribution is 2.32. The molecule has 1 aliphatic rings. The van der Waals surface area contributed by atoms with Crippen molar-refractivity contribution in [1.82, 2.24) is 15.1 Å². The summed E-state index contributed by atoms with van der Waals surface area (Å²) in [6, 6.07) is 7.97. The van der Waals surface area contributed by atoms with Crippen LogP contribution in [-0.4, -0.2) is 37.8 Å². The number of benzene rings is 1. The van der Waals surface area contributed by atoms with Crippen LogP contribution in [0.25, 0.3) is 6.08 Å². The number of aryl methyl sites for hydroxylation is 1. The fourth-order valence-corrected chi connectivity index (χ4v) is 5.10. The first-order valence-electron chi connectivity index (χ1n) is 9.76. The summed E-state index contributed by atoms with van der Waals surface area (Å²) >= 11 is 8.07. The van der Waals surface area contributed by atoms with Crippen LogP contribution in [0.5, 0.6) is 0 Å². The number of carbonyl (C=O) groups is 2. The third kappa shape index (κ3) is 6.20. The first-order valence-corrected chi connectivity index (χ1v) is 11.8. The number of carbonyl (C=O) groups excluding carboxylic acids is 2. The van der Waals surface area contributed by atoms with Gasteiger partial charge in [-0.25, -0.2) is 0 Å². The smallest absolute Gasteiger partial charge is 0.266 e. The topological polar surface area (TPSA) is 75.2 Å². The number of rotatable bonds is 8. The maximum absolute atomic E-state index is 12.7. The second-order valence-corrected chi connectivity index (χ2v) is 10.2. The molecule has 0 radical (unpaired) electrons. The summed E-state index contributed by atoms with van der Waals surface area (Å²) in [4.78, 5) is 27.0. The minimum Gasteiger partial charge on any atom is -0.301 e. The van der Waals surface area contributed by atoms with Crippen LogP contribution >= 0.6 is 35.3 Å². The van der Waals surface area contributed by atoms with Crippen molar-refractivity contribution in [2.24, 2.45) is 5.92 Å². The van der Waals surface area contributed by atoms with Crippen LogP contribution in [-0.2, 0) is 16.0 Å². The van der Waals surface area contributed by atoms with E-state index >= 15 is 0 Å². The van der Waals surface area contributed by atoms with Gasteiger partial charge in [0.2, 0.25) is 11.0 Å². The summed E-state index contributed by atoms with van der Waals surface area (Å²) in [5.41, 5.74) is 2.14. The van der Waals surface area contributed by atoms with E-state index in [1.807, 2.05) is 37.3 Å². The quantitative estimate of drug-likeness (QED) is 0.456. The molecule has 1 N–H and O–H groups in total. The van der Waals surface area contributed by atoms with Crippen molar-refractivity contribution in [3.8, 4) is 0 Å². The second kappa shape index (κ2) is 10.3. The molecule has 0 atom stereocenters. The fourth-order valence-electron chi connectivity index (χ4n) is 2.82. The third-order valence-corrected chi connectivity index (χ3v) is 6.57. The predicted octanol–water partition coefficient (Wildman–Crippen LogP) is 4.67. The van der Waals surface area contributed by atoms with Gasteiger partial charge in [-0.3, -0.25) is 14.5 Å². The van der Waals surface area contributed by atoms with E-state index in [9.17, 15) is 9.59 Å². The van der Waals surface area contributed by atoms with Gasteiger partial charge >= 0.3 is 0 Å². The first kappa shape index (κ1) is 22.6. The molecule has 0 spiro atoms. The van der Waals surface area contributed by atoms with E-state index in [4.69, 9.17) is 12.2 Å². The molecular formula is C21H24N4O2S3. The van der Waals surface area contributed by atoms with Gasteiger partial charge in [-0.05, 0) is 30.9 Å². The molecule has 0 saturated carbocycles. The highest BCUT2D eigenvalue weighted by Gasteiger charge is 2.31. The molecule has 9 heteroatoms.